The molecular weight excluding hydrogens is 318 g/mol. The minimum absolute atomic E-state index is 0.659. The first kappa shape index (κ1) is 23.6. The third kappa shape index (κ3) is 12.0. The van der Waals surface area contributed by atoms with E-state index in [1.54, 1.807) is 12.4 Å². The number of hydrogen-bond acceptors (Lipinski definition) is 2. The summed E-state index contributed by atoms with van der Waals surface area (Å²) in [7, 11) is 0. The van der Waals surface area contributed by atoms with E-state index in [0.29, 0.717) is 5.92 Å². The van der Waals surface area contributed by atoms with Crippen molar-refractivity contribution in [1.82, 2.24) is 14.8 Å². The number of benzene rings is 1. The highest BCUT2D eigenvalue weighted by Crippen LogP contribution is 2.11. The predicted molar refractivity (Wildman–Crippen MR) is 113 cm³/mol. The van der Waals surface area contributed by atoms with Crippen LogP contribution in [0.5, 0.6) is 0 Å². The van der Waals surface area contributed by atoms with Crippen LogP contribution >= 0.6 is 0 Å². The minimum atomic E-state index is 0.659. The summed E-state index contributed by atoms with van der Waals surface area (Å²) >= 11 is 0. The lowest BCUT2D eigenvalue weighted by Gasteiger charge is -2.01. The first-order chi connectivity index (χ1) is 12.6. The summed E-state index contributed by atoms with van der Waals surface area (Å²) in [5.74, 6) is 0.659. The lowest BCUT2D eigenvalue weighted by Crippen LogP contribution is -1.95. The van der Waals surface area contributed by atoms with Gasteiger partial charge in [-0.15, -0.1) is 0 Å². The molecule has 0 unspecified atom stereocenters. The van der Waals surface area contributed by atoms with Gasteiger partial charge in [-0.2, -0.15) is 5.10 Å². The van der Waals surface area contributed by atoms with E-state index >= 15 is 0 Å². The summed E-state index contributed by atoms with van der Waals surface area (Å²) in [5, 5.41) is 4.12. The van der Waals surface area contributed by atoms with Gasteiger partial charge < -0.3 is 0 Å². The van der Waals surface area contributed by atoms with Crippen LogP contribution in [0.2, 0.25) is 0 Å². The van der Waals surface area contributed by atoms with Crippen molar-refractivity contribution in [2.75, 3.05) is 0 Å². The fourth-order valence-corrected chi connectivity index (χ4v) is 1.97. The van der Waals surface area contributed by atoms with Gasteiger partial charge in [0.25, 0.3) is 0 Å². The van der Waals surface area contributed by atoms with Gasteiger partial charge in [0.15, 0.2) is 0 Å². The Hall–Kier alpha value is -2.42. The van der Waals surface area contributed by atoms with Crippen LogP contribution in [0.15, 0.2) is 73.3 Å². The molecule has 0 saturated carbocycles. The normalized spacial score (nSPS) is 9.04. The maximum absolute atomic E-state index is 4.12. The molecule has 0 aliphatic rings. The van der Waals surface area contributed by atoms with Crippen molar-refractivity contribution in [1.29, 1.82) is 0 Å². The second-order valence-electron chi connectivity index (χ2n) is 5.87. The Labute approximate surface area is 160 Å². The summed E-state index contributed by atoms with van der Waals surface area (Å²) in [6, 6.07) is 16.2. The van der Waals surface area contributed by atoms with Crippen molar-refractivity contribution < 1.29 is 0 Å². The molecule has 1 aromatic carbocycles. The SMILES string of the molecule is CC.CC(C)c1ccccc1.CCCn1cc(C)cn1.c1ccncc1. The Bertz CT molecular complexity index is 604. The highest BCUT2D eigenvalue weighted by atomic mass is 15.3. The van der Waals surface area contributed by atoms with Crippen molar-refractivity contribution in [3.63, 3.8) is 0 Å². The predicted octanol–water partition coefficient (Wildman–Crippen LogP) is 6.52. The van der Waals surface area contributed by atoms with E-state index < -0.39 is 0 Å². The molecule has 2 aromatic heterocycles. The van der Waals surface area contributed by atoms with Crippen LogP contribution in [0.4, 0.5) is 0 Å². The number of rotatable bonds is 3. The van der Waals surface area contributed by atoms with Gasteiger partial charge in [-0.3, -0.25) is 9.67 Å². The molecule has 0 saturated heterocycles. The Morgan fingerprint density at radius 1 is 0.923 bits per heavy atom. The van der Waals surface area contributed by atoms with Crippen LogP contribution in [-0.4, -0.2) is 14.8 Å². The van der Waals surface area contributed by atoms with Crippen LogP contribution in [0.25, 0.3) is 0 Å². The van der Waals surface area contributed by atoms with Crippen LogP contribution in [0.1, 0.15) is 58.1 Å². The van der Waals surface area contributed by atoms with Crippen LogP contribution in [0.3, 0.4) is 0 Å². The van der Waals surface area contributed by atoms with Gasteiger partial charge in [0.1, 0.15) is 0 Å². The summed E-state index contributed by atoms with van der Waals surface area (Å²) in [4.78, 5) is 3.78. The Kier molecular flexibility index (Phi) is 14.6. The van der Waals surface area contributed by atoms with Crippen molar-refractivity contribution in [2.24, 2.45) is 0 Å². The van der Waals surface area contributed by atoms with Gasteiger partial charge in [0.2, 0.25) is 0 Å². The zero-order valence-electron chi connectivity index (χ0n) is 17.3. The standard InChI is InChI=1S/C9H12.C7H12N2.C5H5N.C2H6/c1-8(2)9-6-4-3-5-7-9;1-3-4-9-6-7(2)5-8-9;1-2-4-6-5-3-1;1-2/h3-8H,1-2H3;5-6H,3-4H2,1-2H3;1-5H;1-2H3. The highest BCUT2D eigenvalue weighted by Gasteiger charge is 1.93. The molecule has 3 nitrogen and oxygen atoms in total. The topological polar surface area (TPSA) is 30.7 Å². The molecule has 26 heavy (non-hydrogen) atoms. The van der Waals surface area contributed by atoms with Crippen molar-refractivity contribution in [3.05, 3.63) is 84.4 Å². The lowest BCUT2D eigenvalue weighted by molar-refractivity contribution is 0.602. The monoisotopic (exact) mass is 353 g/mol. The molecule has 0 atom stereocenters. The van der Waals surface area contributed by atoms with E-state index in [1.165, 1.54) is 11.1 Å². The number of aromatic nitrogens is 3. The third-order valence-electron chi connectivity index (χ3n) is 3.25. The second kappa shape index (κ2) is 16.1. The van der Waals surface area contributed by atoms with E-state index in [1.807, 2.05) is 49.0 Å². The zero-order valence-corrected chi connectivity index (χ0v) is 17.3. The highest BCUT2D eigenvalue weighted by molar-refractivity contribution is 5.17. The van der Waals surface area contributed by atoms with Gasteiger partial charge in [0.05, 0.1) is 6.20 Å². The lowest BCUT2D eigenvalue weighted by atomic mass is 10.0. The van der Waals surface area contributed by atoms with Gasteiger partial charge in [0, 0.05) is 25.1 Å². The molecule has 0 aliphatic heterocycles. The molecule has 0 spiro atoms. The molecule has 0 radical (unpaired) electrons. The quantitative estimate of drug-likeness (QED) is 0.536. The molecule has 0 amide bonds. The molecule has 0 bridgehead atoms. The van der Waals surface area contributed by atoms with Crippen LogP contribution in [0, 0.1) is 6.92 Å². The van der Waals surface area contributed by atoms with Crippen molar-refractivity contribution in [3.8, 4) is 0 Å². The van der Waals surface area contributed by atoms with Crippen molar-refractivity contribution in [2.45, 2.75) is 60.4 Å². The molecular formula is C23H35N3. The summed E-state index contributed by atoms with van der Waals surface area (Å²) in [6.07, 6.45) is 8.60. The summed E-state index contributed by atoms with van der Waals surface area (Å²) < 4.78 is 1.97. The van der Waals surface area contributed by atoms with Gasteiger partial charge in [-0.25, -0.2) is 0 Å². The van der Waals surface area contributed by atoms with Gasteiger partial charge >= 0.3 is 0 Å². The molecule has 0 fully saturated rings. The first-order valence-electron chi connectivity index (χ1n) is 9.52. The minimum Gasteiger partial charge on any atom is -0.273 e. The zero-order chi connectivity index (χ0) is 19.6. The second-order valence-corrected chi connectivity index (χ2v) is 5.87. The van der Waals surface area contributed by atoms with Crippen LogP contribution < -0.4 is 0 Å². The molecule has 2 heterocycles. The average molecular weight is 354 g/mol. The molecule has 0 aliphatic carbocycles. The van der Waals surface area contributed by atoms with Gasteiger partial charge in [-0.05, 0) is 42.5 Å². The van der Waals surface area contributed by atoms with E-state index in [4.69, 9.17) is 0 Å². The number of nitrogens with zero attached hydrogens (tertiary/aromatic N) is 3. The van der Waals surface area contributed by atoms with E-state index in [9.17, 15) is 0 Å². The molecule has 0 N–H and O–H groups in total. The Morgan fingerprint density at radius 3 is 1.81 bits per heavy atom. The maximum Gasteiger partial charge on any atom is 0.0518 e. The molecule has 3 aromatic rings. The molecule has 3 heteroatoms. The Balaban J connectivity index is 0.000000350. The largest absolute Gasteiger partial charge is 0.273 e. The van der Waals surface area contributed by atoms with E-state index in [0.717, 1.165) is 13.0 Å². The summed E-state index contributed by atoms with van der Waals surface area (Å²) in [5.41, 5.74) is 2.65. The number of pyridine rings is 1. The average Bonchev–Trinajstić information content (AvgIpc) is 3.12. The Morgan fingerprint density at radius 2 is 1.50 bits per heavy atom. The number of aryl methyl sites for hydroxylation is 2. The fraction of sp³-hybridized carbons (Fsp3) is 0.391. The third-order valence-corrected chi connectivity index (χ3v) is 3.25. The molecule has 142 valence electrons. The molecule has 3 rings (SSSR count). The smallest absolute Gasteiger partial charge is 0.0518 e. The van der Waals surface area contributed by atoms with E-state index in [-0.39, 0.29) is 0 Å². The number of hydrogen-bond donors (Lipinski definition) is 0. The van der Waals surface area contributed by atoms with Crippen molar-refractivity contribution >= 4 is 0 Å². The van der Waals surface area contributed by atoms with E-state index in [2.05, 4.69) is 68.2 Å². The van der Waals surface area contributed by atoms with Gasteiger partial charge in [-0.1, -0.05) is 71.0 Å². The maximum atomic E-state index is 4.12. The summed E-state index contributed by atoms with van der Waals surface area (Å²) in [6.45, 7) is 13.6. The fourth-order valence-electron chi connectivity index (χ4n) is 1.97. The van der Waals surface area contributed by atoms with Crippen LogP contribution in [-0.2, 0) is 6.54 Å². The first-order valence-corrected chi connectivity index (χ1v) is 9.52.